The Bertz CT molecular complexity index is 635. The highest BCUT2D eigenvalue weighted by atomic mass is 16.5. The Hall–Kier alpha value is -1.63. The van der Waals surface area contributed by atoms with Crippen molar-refractivity contribution in [2.24, 2.45) is 0 Å². The molecule has 136 valence electrons. The fourth-order valence-electron chi connectivity index (χ4n) is 3.68. The van der Waals surface area contributed by atoms with Crippen LogP contribution in [0.25, 0.3) is 11.0 Å². The lowest BCUT2D eigenvalue weighted by Crippen LogP contribution is -2.33. The number of H-pyrrole nitrogens is 1. The number of aromatic nitrogens is 2. The zero-order valence-corrected chi connectivity index (χ0v) is 14.8. The van der Waals surface area contributed by atoms with Gasteiger partial charge in [-0.15, -0.1) is 0 Å². The van der Waals surface area contributed by atoms with Gasteiger partial charge in [0.25, 0.3) is 0 Å². The molecule has 1 N–H and O–H groups in total. The average Bonchev–Trinajstić information content (AvgIpc) is 3.24. The number of imidazole rings is 1. The van der Waals surface area contributed by atoms with Crippen LogP contribution in [0.1, 0.15) is 19.3 Å². The quantitative estimate of drug-likeness (QED) is 0.815. The molecule has 0 amide bonds. The summed E-state index contributed by atoms with van der Waals surface area (Å²) in [4.78, 5) is 13.1. The molecule has 2 saturated heterocycles. The Morgan fingerprint density at radius 1 is 1.16 bits per heavy atom. The van der Waals surface area contributed by atoms with Gasteiger partial charge in [-0.05, 0) is 37.9 Å². The van der Waals surface area contributed by atoms with Crippen LogP contribution in [0.2, 0.25) is 0 Å². The molecule has 0 saturated carbocycles. The predicted octanol–water partition coefficient (Wildman–Crippen LogP) is 2.27. The number of benzene rings is 1. The van der Waals surface area contributed by atoms with E-state index in [1.54, 1.807) is 0 Å². The van der Waals surface area contributed by atoms with Crippen LogP contribution >= 0.6 is 0 Å². The molecule has 6 nitrogen and oxygen atoms in total. The third-order valence-corrected chi connectivity index (χ3v) is 5.14. The molecule has 4 rings (SSSR count). The molecule has 2 fully saturated rings. The van der Waals surface area contributed by atoms with Crippen LogP contribution in [0, 0.1) is 0 Å². The average molecular weight is 344 g/mol. The molecule has 2 aliphatic heterocycles. The fraction of sp³-hybridized carbons (Fsp3) is 0.632. The second-order valence-electron chi connectivity index (χ2n) is 6.97. The lowest BCUT2D eigenvalue weighted by molar-refractivity contribution is 0.0109. The minimum atomic E-state index is 0.327. The standard InChI is InChI=1S/C19H28N4O2/c1-2-7-18-17(6-1)20-19(21-18)23-9-4-8-22(10-11-23)12-14-24-15-16-5-3-13-25-16/h1-2,6-7,16H,3-5,8-15H2,(H,20,21)/t16-/m1/s1. The molecule has 0 bridgehead atoms. The van der Waals surface area contributed by atoms with Crippen molar-refractivity contribution < 1.29 is 9.47 Å². The Kier molecular flexibility index (Phi) is 5.49. The van der Waals surface area contributed by atoms with Gasteiger partial charge in [-0.3, -0.25) is 4.90 Å². The molecule has 2 aromatic rings. The molecule has 3 heterocycles. The SMILES string of the molecule is c1ccc2[nH]c(N3CCCN(CCOC[C@H]4CCCO4)CC3)nc2c1. The minimum absolute atomic E-state index is 0.327. The van der Waals surface area contributed by atoms with Gasteiger partial charge < -0.3 is 19.4 Å². The van der Waals surface area contributed by atoms with E-state index < -0.39 is 0 Å². The van der Waals surface area contributed by atoms with E-state index in [4.69, 9.17) is 14.5 Å². The molecule has 25 heavy (non-hydrogen) atoms. The number of hydrogen-bond acceptors (Lipinski definition) is 5. The van der Waals surface area contributed by atoms with Crippen LogP contribution in [0.4, 0.5) is 5.95 Å². The van der Waals surface area contributed by atoms with E-state index in [9.17, 15) is 0 Å². The van der Waals surface area contributed by atoms with Crippen molar-refractivity contribution in [3.63, 3.8) is 0 Å². The summed E-state index contributed by atoms with van der Waals surface area (Å²) in [6.45, 7) is 7.68. The fourth-order valence-corrected chi connectivity index (χ4v) is 3.68. The lowest BCUT2D eigenvalue weighted by Gasteiger charge is -2.21. The van der Waals surface area contributed by atoms with E-state index >= 15 is 0 Å². The Labute approximate surface area is 149 Å². The number of rotatable bonds is 6. The number of nitrogens with zero attached hydrogens (tertiary/aromatic N) is 3. The van der Waals surface area contributed by atoms with Gasteiger partial charge in [-0.1, -0.05) is 12.1 Å². The molecule has 1 aromatic heterocycles. The van der Waals surface area contributed by atoms with Gasteiger partial charge in [0.2, 0.25) is 5.95 Å². The molecule has 1 atom stereocenters. The van der Waals surface area contributed by atoms with Gasteiger partial charge >= 0.3 is 0 Å². The Balaban J connectivity index is 1.24. The first kappa shape index (κ1) is 16.8. The minimum Gasteiger partial charge on any atom is -0.377 e. The van der Waals surface area contributed by atoms with Crippen molar-refractivity contribution >= 4 is 17.0 Å². The molecule has 1 aromatic carbocycles. The smallest absolute Gasteiger partial charge is 0.203 e. The number of para-hydroxylation sites is 2. The van der Waals surface area contributed by atoms with E-state index in [1.165, 1.54) is 6.42 Å². The normalized spacial score (nSPS) is 22.6. The van der Waals surface area contributed by atoms with Crippen molar-refractivity contribution in [2.75, 3.05) is 57.4 Å². The van der Waals surface area contributed by atoms with E-state index in [2.05, 4.69) is 26.9 Å². The summed E-state index contributed by atoms with van der Waals surface area (Å²) in [6, 6.07) is 8.23. The van der Waals surface area contributed by atoms with Gasteiger partial charge in [-0.25, -0.2) is 4.98 Å². The van der Waals surface area contributed by atoms with E-state index in [0.717, 1.165) is 82.4 Å². The molecule has 6 heteroatoms. The van der Waals surface area contributed by atoms with E-state index in [1.807, 2.05) is 12.1 Å². The molecule has 0 radical (unpaired) electrons. The number of nitrogens with one attached hydrogen (secondary N) is 1. The Morgan fingerprint density at radius 3 is 3.00 bits per heavy atom. The maximum Gasteiger partial charge on any atom is 0.203 e. The molecule has 2 aliphatic rings. The first-order valence-electron chi connectivity index (χ1n) is 9.50. The summed E-state index contributed by atoms with van der Waals surface area (Å²) in [5, 5.41) is 0. The lowest BCUT2D eigenvalue weighted by atomic mass is 10.2. The van der Waals surface area contributed by atoms with Gasteiger partial charge in [0.1, 0.15) is 0 Å². The van der Waals surface area contributed by atoms with Crippen molar-refractivity contribution in [2.45, 2.75) is 25.4 Å². The van der Waals surface area contributed by atoms with Crippen molar-refractivity contribution in [1.82, 2.24) is 14.9 Å². The van der Waals surface area contributed by atoms with Crippen LogP contribution in [0.5, 0.6) is 0 Å². The predicted molar refractivity (Wildman–Crippen MR) is 99.2 cm³/mol. The van der Waals surface area contributed by atoms with Crippen molar-refractivity contribution in [1.29, 1.82) is 0 Å². The summed E-state index contributed by atoms with van der Waals surface area (Å²) in [6.07, 6.45) is 3.81. The second-order valence-corrected chi connectivity index (χ2v) is 6.97. The van der Waals surface area contributed by atoms with E-state index in [-0.39, 0.29) is 0 Å². The number of ether oxygens (including phenoxy) is 2. The van der Waals surface area contributed by atoms with E-state index in [0.29, 0.717) is 6.10 Å². The molecular formula is C19H28N4O2. The molecule has 0 spiro atoms. The van der Waals surface area contributed by atoms with Crippen LogP contribution in [0.3, 0.4) is 0 Å². The molecular weight excluding hydrogens is 316 g/mol. The van der Waals surface area contributed by atoms with Crippen LogP contribution in [-0.2, 0) is 9.47 Å². The zero-order valence-electron chi connectivity index (χ0n) is 14.8. The summed E-state index contributed by atoms with van der Waals surface area (Å²) in [7, 11) is 0. The number of hydrogen-bond donors (Lipinski definition) is 1. The summed E-state index contributed by atoms with van der Waals surface area (Å²) < 4.78 is 11.4. The zero-order chi connectivity index (χ0) is 16.9. The second kappa shape index (κ2) is 8.17. The molecule has 0 unspecified atom stereocenters. The Morgan fingerprint density at radius 2 is 2.12 bits per heavy atom. The maximum atomic E-state index is 5.81. The summed E-state index contributed by atoms with van der Waals surface area (Å²) >= 11 is 0. The largest absolute Gasteiger partial charge is 0.377 e. The number of anilines is 1. The third-order valence-electron chi connectivity index (χ3n) is 5.14. The highest BCUT2D eigenvalue weighted by molar-refractivity contribution is 5.77. The third kappa shape index (κ3) is 4.32. The van der Waals surface area contributed by atoms with Crippen molar-refractivity contribution in [3.8, 4) is 0 Å². The highest BCUT2D eigenvalue weighted by Gasteiger charge is 2.18. The van der Waals surface area contributed by atoms with Crippen LogP contribution in [-0.4, -0.2) is 73.5 Å². The van der Waals surface area contributed by atoms with Gasteiger partial charge in [0, 0.05) is 32.8 Å². The molecule has 0 aliphatic carbocycles. The van der Waals surface area contributed by atoms with Gasteiger partial charge in [0.05, 0.1) is 30.4 Å². The first-order valence-corrected chi connectivity index (χ1v) is 9.50. The maximum absolute atomic E-state index is 5.81. The number of aromatic amines is 1. The van der Waals surface area contributed by atoms with Crippen molar-refractivity contribution in [3.05, 3.63) is 24.3 Å². The van der Waals surface area contributed by atoms with Crippen LogP contribution in [0.15, 0.2) is 24.3 Å². The van der Waals surface area contributed by atoms with Gasteiger partial charge in [-0.2, -0.15) is 0 Å². The number of fused-ring (bicyclic) bond motifs is 1. The topological polar surface area (TPSA) is 53.6 Å². The first-order chi connectivity index (χ1) is 12.4. The summed E-state index contributed by atoms with van der Waals surface area (Å²) in [5.41, 5.74) is 2.15. The van der Waals surface area contributed by atoms with Gasteiger partial charge in [0.15, 0.2) is 0 Å². The summed E-state index contributed by atoms with van der Waals surface area (Å²) in [5.74, 6) is 0.998. The van der Waals surface area contributed by atoms with Crippen LogP contribution < -0.4 is 4.90 Å². The highest BCUT2D eigenvalue weighted by Crippen LogP contribution is 2.18. The monoisotopic (exact) mass is 344 g/mol.